The van der Waals surface area contributed by atoms with Gasteiger partial charge in [-0.25, -0.2) is 0 Å². The first kappa shape index (κ1) is 10.2. The van der Waals surface area contributed by atoms with Gasteiger partial charge in [-0.1, -0.05) is 11.6 Å². The molecule has 14 heavy (non-hydrogen) atoms. The van der Waals surface area contributed by atoms with Gasteiger partial charge in [-0.3, -0.25) is 0 Å². The molecule has 0 aromatic rings. The van der Waals surface area contributed by atoms with Gasteiger partial charge in [0.1, 0.15) is 0 Å². The Labute approximate surface area is 86.5 Å². The van der Waals surface area contributed by atoms with Crippen LogP contribution in [0.2, 0.25) is 0 Å². The van der Waals surface area contributed by atoms with Gasteiger partial charge in [-0.2, -0.15) is 0 Å². The van der Waals surface area contributed by atoms with Crippen molar-refractivity contribution in [2.45, 2.75) is 44.6 Å². The standard InChI is InChI=1S/C12H21NO/c13-12-3-1-2-11(9-12)8-10-4-6-14-7-5-10/h8,10,12H,1-7,9,13H2. The van der Waals surface area contributed by atoms with E-state index in [9.17, 15) is 0 Å². The van der Waals surface area contributed by atoms with Crippen molar-refractivity contribution in [3.8, 4) is 0 Å². The van der Waals surface area contributed by atoms with Crippen molar-refractivity contribution in [3.63, 3.8) is 0 Å². The Balaban J connectivity index is 1.88. The molecule has 2 N–H and O–H groups in total. The van der Waals surface area contributed by atoms with Crippen LogP contribution in [0.5, 0.6) is 0 Å². The van der Waals surface area contributed by atoms with E-state index in [0.29, 0.717) is 6.04 Å². The zero-order valence-electron chi connectivity index (χ0n) is 8.87. The summed E-state index contributed by atoms with van der Waals surface area (Å²) in [6.45, 7) is 1.89. The molecule has 0 radical (unpaired) electrons. The molecule has 1 saturated heterocycles. The summed E-state index contributed by atoms with van der Waals surface area (Å²) in [5, 5.41) is 0. The zero-order valence-corrected chi connectivity index (χ0v) is 8.87. The van der Waals surface area contributed by atoms with E-state index >= 15 is 0 Å². The quantitative estimate of drug-likeness (QED) is 0.651. The van der Waals surface area contributed by atoms with Gasteiger partial charge in [0.2, 0.25) is 0 Å². The van der Waals surface area contributed by atoms with Crippen molar-refractivity contribution in [3.05, 3.63) is 11.6 Å². The van der Waals surface area contributed by atoms with Gasteiger partial charge < -0.3 is 10.5 Å². The van der Waals surface area contributed by atoms with Crippen LogP contribution < -0.4 is 5.73 Å². The second-order valence-corrected chi connectivity index (χ2v) is 4.63. The molecule has 2 heteroatoms. The normalized spacial score (nSPS) is 33.5. The fourth-order valence-corrected chi connectivity index (χ4v) is 2.50. The number of ether oxygens (including phenoxy) is 1. The van der Waals surface area contributed by atoms with Crippen molar-refractivity contribution < 1.29 is 4.74 Å². The van der Waals surface area contributed by atoms with Crippen LogP contribution in [0.4, 0.5) is 0 Å². The molecule has 0 aromatic carbocycles. The second kappa shape index (κ2) is 4.94. The average molecular weight is 195 g/mol. The van der Waals surface area contributed by atoms with Crippen LogP contribution in [-0.4, -0.2) is 19.3 Å². The smallest absolute Gasteiger partial charge is 0.0471 e. The molecular weight excluding hydrogens is 174 g/mol. The summed E-state index contributed by atoms with van der Waals surface area (Å²) in [6, 6.07) is 0.426. The number of hydrogen-bond acceptors (Lipinski definition) is 2. The topological polar surface area (TPSA) is 35.2 Å². The molecule has 2 aliphatic rings. The summed E-state index contributed by atoms with van der Waals surface area (Å²) >= 11 is 0. The van der Waals surface area contributed by atoms with E-state index in [1.807, 2.05) is 0 Å². The highest BCUT2D eigenvalue weighted by molar-refractivity contribution is 5.09. The molecule has 0 amide bonds. The maximum Gasteiger partial charge on any atom is 0.0471 e. The number of hydrogen-bond donors (Lipinski definition) is 1. The Morgan fingerprint density at radius 3 is 2.71 bits per heavy atom. The fraction of sp³-hybridized carbons (Fsp3) is 0.833. The molecule has 1 atom stereocenters. The van der Waals surface area contributed by atoms with E-state index in [1.54, 1.807) is 5.57 Å². The third kappa shape index (κ3) is 2.82. The van der Waals surface area contributed by atoms with Crippen molar-refractivity contribution in [2.24, 2.45) is 11.7 Å². The lowest BCUT2D eigenvalue weighted by atomic mass is 9.87. The first-order valence-electron chi connectivity index (χ1n) is 5.87. The van der Waals surface area contributed by atoms with Crippen LogP contribution in [0.1, 0.15) is 38.5 Å². The molecule has 80 valence electrons. The Bertz CT molecular complexity index is 206. The second-order valence-electron chi connectivity index (χ2n) is 4.63. The van der Waals surface area contributed by atoms with Gasteiger partial charge in [0.15, 0.2) is 0 Å². The first-order valence-corrected chi connectivity index (χ1v) is 5.87. The molecule has 1 aliphatic carbocycles. The predicted octanol–water partition coefficient (Wildman–Crippen LogP) is 2.24. The Morgan fingerprint density at radius 2 is 2.00 bits per heavy atom. The fourth-order valence-electron chi connectivity index (χ4n) is 2.50. The lowest BCUT2D eigenvalue weighted by Crippen LogP contribution is -2.24. The largest absolute Gasteiger partial charge is 0.381 e. The average Bonchev–Trinajstić information content (AvgIpc) is 2.19. The minimum Gasteiger partial charge on any atom is -0.381 e. The van der Waals surface area contributed by atoms with Crippen molar-refractivity contribution >= 4 is 0 Å². The van der Waals surface area contributed by atoms with E-state index in [-0.39, 0.29) is 0 Å². The molecule has 2 fully saturated rings. The first-order chi connectivity index (χ1) is 6.84. The highest BCUT2D eigenvalue weighted by Gasteiger charge is 2.16. The van der Waals surface area contributed by atoms with E-state index in [4.69, 9.17) is 10.5 Å². The van der Waals surface area contributed by atoms with Crippen molar-refractivity contribution in [1.82, 2.24) is 0 Å². The predicted molar refractivity (Wildman–Crippen MR) is 58.1 cm³/mol. The molecule has 0 spiro atoms. The highest BCUT2D eigenvalue weighted by atomic mass is 16.5. The SMILES string of the molecule is NC1CCCC(=CC2CCOCC2)C1. The summed E-state index contributed by atoms with van der Waals surface area (Å²) in [4.78, 5) is 0. The van der Waals surface area contributed by atoms with Gasteiger partial charge >= 0.3 is 0 Å². The summed E-state index contributed by atoms with van der Waals surface area (Å²) in [6.07, 6.45) is 9.82. The number of nitrogens with two attached hydrogens (primary N) is 1. The summed E-state index contributed by atoms with van der Waals surface area (Å²) in [7, 11) is 0. The zero-order chi connectivity index (χ0) is 9.80. The Kier molecular flexibility index (Phi) is 3.60. The van der Waals surface area contributed by atoms with E-state index < -0.39 is 0 Å². The number of rotatable bonds is 1. The van der Waals surface area contributed by atoms with Crippen molar-refractivity contribution in [1.29, 1.82) is 0 Å². The third-order valence-corrected chi connectivity index (χ3v) is 3.33. The number of allylic oxidation sites excluding steroid dienone is 1. The van der Waals surface area contributed by atoms with Gasteiger partial charge in [-0.05, 0) is 44.4 Å². The van der Waals surface area contributed by atoms with Crippen LogP contribution in [0.25, 0.3) is 0 Å². The summed E-state index contributed by atoms with van der Waals surface area (Å²) in [5.41, 5.74) is 7.57. The molecule has 2 rings (SSSR count). The molecule has 1 aliphatic heterocycles. The molecule has 1 saturated carbocycles. The molecule has 0 bridgehead atoms. The lowest BCUT2D eigenvalue weighted by Gasteiger charge is -2.24. The highest BCUT2D eigenvalue weighted by Crippen LogP contribution is 2.26. The van der Waals surface area contributed by atoms with Gasteiger partial charge in [0.05, 0.1) is 0 Å². The molecule has 0 aromatic heterocycles. The summed E-state index contributed by atoms with van der Waals surface area (Å²) < 4.78 is 5.36. The monoisotopic (exact) mass is 195 g/mol. The Morgan fingerprint density at radius 1 is 1.21 bits per heavy atom. The minimum atomic E-state index is 0.426. The molecular formula is C12H21NO. The molecule has 1 unspecified atom stereocenters. The van der Waals surface area contributed by atoms with Crippen LogP contribution in [0.3, 0.4) is 0 Å². The molecule has 2 nitrogen and oxygen atoms in total. The van der Waals surface area contributed by atoms with Crippen molar-refractivity contribution in [2.75, 3.05) is 13.2 Å². The van der Waals surface area contributed by atoms with Gasteiger partial charge in [0.25, 0.3) is 0 Å². The summed E-state index contributed by atoms with van der Waals surface area (Å²) in [5.74, 6) is 0.768. The third-order valence-electron chi connectivity index (χ3n) is 3.33. The maximum atomic E-state index is 5.96. The lowest BCUT2D eigenvalue weighted by molar-refractivity contribution is 0.0782. The Hall–Kier alpha value is -0.340. The minimum absolute atomic E-state index is 0.426. The maximum absolute atomic E-state index is 5.96. The van der Waals surface area contributed by atoms with Gasteiger partial charge in [-0.15, -0.1) is 0 Å². The van der Waals surface area contributed by atoms with Crippen LogP contribution in [0.15, 0.2) is 11.6 Å². The van der Waals surface area contributed by atoms with Gasteiger partial charge in [0, 0.05) is 19.3 Å². The van der Waals surface area contributed by atoms with Crippen LogP contribution in [0, 0.1) is 5.92 Å². The van der Waals surface area contributed by atoms with Crippen LogP contribution >= 0.6 is 0 Å². The van der Waals surface area contributed by atoms with Crippen LogP contribution in [-0.2, 0) is 4.74 Å². The van der Waals surface area contributed by atoms with E-state index in [0.717, 1.165) is 25.6 Å². The van der Waals surface area contributed by atoms with E-state index in [2.05, 4.69) is 6.08 Å². The van der Waals surface area contributed by atoms with E-state index in [1.165, 1.54) is 32.1 Å². The molecule has 1 heterocycles.